The minimum absolute atomic E-state index is 0.195. The van der Waals surface area contributed by atoms with Gasteiger partial charge in [-0.05, 0) is 12.8 Å². The normalized spacial score (nSPS) is 11.7. The average molecular weight is 308 g/mol. The SMILES string of the molecule is C#CCOS(=O)(=O)CCCCCS(=O)(=O)OCC#C. The minimum Gasteiger partial charge on any atom is -0.257 e. The lowest BCUT2D eigenvalue weighted by molar-refractivity contribution is 0.361. The Balaban J connectivity index is 3.83. The predicted octanol–water partition coefficient (Wildman–Crippen LogP) is 0.116. The Morgan fingerprint density at radius 2 is 1.11 bits per heavy atom. The van der Waals surface area contributed by atoms with E-state index in [9.17, 15) is 16.8 Å². The summed E-state index contributed by atoms with van der Waals surface area (Å²) < 4.78 is 53.7. The fraction of sp³-hybridized carbons (Fsp3) is 0.636. The molecule has 0 N–H and O–H groups in total. The molecule has 0 aromatic rings. The molecule has 0 spiro atoms. The molecule has 19 heavy (non-hydrogen) atoms. The van der Waals surface area contributed by atoms with Crippen LogP contribution in [0.4, 0.5) is 0 Å². The van der Waals surface area contributed by atoms with Gasteiger partial charge in [-0.2, -0.15) is 16.8 Å². The summed E-state index contributed by atoms with van der Waals surface area (Å²) in [6.45, 7) is -0.590. The zero-order chi connectivity index (χ0) is 14.8. The smallest absolute Gasteiger partial charge is 0.257 e. The highest BCUT2D eigenvalue weighted by molar-refractivity contribution is 7.87. The van der Waals surface area contributed by atoms with Crippen LogP contribution in [-0.2, 0) is 28.6 Å². The van der Waals surface area contributed by atoms with Crippen LogP contribution in [0, 0.1) is 24.7 Å². The summed E-state index contributed by atoms with van der Waals surface area (Å²) in [6, 6.07) is 0. The lowest BCUT2D eigenvalue weighted by Crippen LogP contribution is -2.13. The van der Waals surface area contributed by atoms with Crippen LogP contribution in [0.3, 0.4) is 0 Å². The van der Waals surface area contributed by atoms with Gasteiger partial charge in [0.25, 0.3) is 20.2 Å². The summed E-state index contributed by atoms with van der Waals surface area (Å²) in [5.74, 6) is 3.71. The van der Waals surface area contributed by atoms with Gasteiger partial charge < -0.3 is 0 Å². The number of hydrogen-bond donors (Lipinski definition) is 0. The van der Waals surface area contributed by atoms with Gasteiger partial charge in [0, 0.05) is 0 Å². The second-order valence-corrected chi connectivity index (χ2v) is 7.04. The maximum absolute atomic E-state index is 11.2. The van der Waals surface area contributed by atoms with Crippen molar-refractivity contribution in [2.24, 2.45) is 0 Å². The monoisotopic (exact) mass is 308 g/mol. The van der Waals surface area contributed by atoms with Gasteiger partial charge in [0.05, 0.1) is 11.5 Å². The van der Waals surface area contributed by atoms with Crippen molar-refractivity contribution in [2.75, 3.05) is 24.7 Å². The fourth-order valence-electron chi connectivity index (χ4n) is 1.10. The highest BCUT2D eigenvalue weighted by atomic mass is 32.2. The molecular formula is C11H16O6S2. The maximum Gasteiger partial charge on any atom is 0.268 e. The van der Waals surface area contributed by atoms with E-state index >= 15 is 0 Å². The molecule has 0 saturated carbocycles. The first kappa shape index (κ1) is 17.9. The summed E-state index contributed by atoms with van der Waals surface area (Å²) in [4.78, 5) is 0. The largest absolute Gasteiger partial charge is 0.268 e. The second kappa shape index (κ2) is 8.94. The molecule has 108 valence electrons. The van der Waals surface area contributed by atoms with E-state index < -0.39 is 20.2 Å². The van der Waals surface area contributed by atoms with Crippen LogP contribution in [0.25, 0.3) is 0 Å². The average Bonchev–Trinajstić information content (AvgIpc) is 2.33. The van der Waals surface area contributed by atoms with Gasteiger partial charge in [-0.1, -0.05) is 18.3 Å². The maximum atomic E-state index is 11.2. The van der Waals surface area contributed by atoms with Crippen LogP contribution >= 0.6 is 0 Å². The lowest BCUT2D eigenvalue weighted by Gasteiger charge is -2.04. The molecule has 0 amide bonds. The molecule has 0 heterocycles. The number of unbranched alkanes of at least 4 members (excludes halogenated alkanes) is 2. The van der Waals surface area contributed by atoms with Crippen LogP contribution in [0.5, 0.6) is 0 Å². The molecule has 0 aromatic carbocycles. The standard InChI is InChI=1S/C11H16O6S2/c1-3-8-16-18(12,13)10-6-5-7-11-19(14,15)17-9-4-2/h1-2H,5-11H2. The van der Waals surface area contributed by atoms with Crippen LogP contribution in [-0.4, -0.2) is 41.6 Å². The third-order valence-electron chi connectivity index (χ3n) is 1.93. The predicted molar refractivity (Wildman–Crippen MR) is 71.0 cm³/mol. The van der Waals surface area contributed by atoms with Crippen molar-refractivity contribution in [3.05, 3.63) is 0 Å². The van der Waals surface area contributed by atoms with Gasteiger partial charge in [-0.25, -0.2) is 0 Å². The quantitative estimate of drug-likeness (QED) is 0.323. The third kappa shape index (κ3) is 10.5. The first-order chi connectivity index (χ1) is 8.83. The Morgan fingerprint density at radius 1 is 0.737 bits per heavy atom. The van der Waals surface area contributed by atoms with Gasteiger partial charge >= 0.3 is 0 Å². The molecule has 0 rings (SSSR count). The molecule has 0 fully saturated rings. The molecule has 0 bridgehead atoms. The highest BCUT2D eigenvalue weighted by Gasteiger charge is 2.12. The fourth-order valence-corrected chi connectivity index (χ4v) is 2.95. The highest BCUT2D eigenvalue weighted by Crippen LogP contribution is 2.05. The number of rotatable bonds is 10. The Labute approximate surface area is 114 Å². The Bertz CT molecular complexity index is 483. The molecule has 0 aromatic heterocycles. The molecule has 0 aliphatic carbocycles. The zero-order valence-electron chi connectivity index (χ0n) is 10.4. The Kier molecular flexibility index (Phi) is 8.44. The van der Waals surface area contributed by atoms with E-state index in [1.807, 2.05) is 0 Å². The lowest BCUT2D eigenvalue weighted by atomic mass is 10.3. The molecule has 8 heteroatoms. The first-order valence-corrected chi connectivity index (χ1v) is 8.59. The Hall–Kier alpha value is -1.06. The van der Waals surface area contributed by atoms with Crippen molar-refractivity contribution < 1.29 is 25.2 Å². The van der Waals surface area contributed by atoms with E-state index in [0.717, 1.165) is 0 Å². The van der Waals surface area contributed by atoms with Crippen molar-refractivity contribution in [3.8, 4) is 24.7 Å². The molecule has 6 nitrogen and oxygen atoms in total. The minimum atomic E-state index is -3.62. The van der Waals surface area contributed by atoms with E-state index in [-0.39, 0.29) is 37.6 Å². The number of terminal acetylenes is 2. The van der Waals surface area contributed by atoms with Gasteiger partial charge in [-0.15, -0.1) is 12.8 Å². The summed E-state index contributed by atoms with van der Waals surface area (Å²) in [5.41, 5.74) is 0. The van der Waals surface area contributed by atoms with Crippen LogP contribution in [0.15, 0.2) is 0 Å². The number of hydrogen-bond acceptors (Lipinski definition) is 6. The van der Waals surface area contributed by atoms with E-state index in [1.54, 1.807) is 0 Å². The first-order valence-electron chi connectivity index (χ1n) is 5.44. The van der Waals surface area contributed by atoms with E-state index in [2.05, 4.69) is 20.2 Å². The van der Waals surface area contributed by atoms with Crippen molar-refractivity contribution >= 4 is 20.2 Å². The third-order valence-corrected chi connectivity index (χ3v) is 4.46. The van der Waals surface area contributed by atoms with Crippen molar-refractivity contribution in [1.82, 2.24) is 0 Å². The zero-order valence-corrected chi connectivity index (χ0v) is 12.0. The molecular weight excluding hydrogens is 292 g/mol. The second-order valence-electron chi connectivity index (χ2n) is 3.52. The van der Waals surface area contributed by atoms with Gasteiger partial charge in [0.15, 0.2) is 0 Å². The molecule has 0 unspecified atom stereocenters. The topological polar surface area (TPSA) is 86.7 Å². The van der Waals surface area contributed by atoms with Crippen LogP contribution in [0.2, 0.25) is 0 Å². The molecule has 0 saturated heterocycles. The van der Waals surface area contributed by atoms with Crippen molar-refractivity contribution in [1.29, 1.82) is 0 Å². The van der Waals surface area contributed by atoms with E-state index in [4.69, 9.17) is 12.8 Å². The van der Waals surface area contributed by atoms with E-state index in [0.29, 0.717) is 6.42 Å². The Morgan fingerprint density at radius 3 is 1.42 bits per heavy atom. The molecule has 0 aliphatic heterocycles. The van der Waals surface area contributed by atoms with Gasteiger partial charge in [0.1, 0.15) is 13.2 Å². The molecule has 0 radical (unpaired) electrons. The van der Waals surface area contributed by atoms with Gasteiger partial charge in [-0.3, -0.25) is 8.37 Å². The van der Waals surface area contributed by atoms with Crippen molar-refractivity contribution in [3.63, 3.8) is 0 Å². The van der Waals surface area contributed by atoms with Crippen molar-refractivity contribution in [2.45, 2.75) is 19.3 Å². The van der Waals surface area contributed by atoms with Crippen LogP contribution < -0.4 is 0 Å². The summed E-state index contributed by atoms with van der Waals surface area (Å²) in [7, 11) is -7.25. The molecule has 0 atom stereocenters. The summed E-state index contributed by atoms with van der Waals surface area (Å²) >= 11 is 0. The van der Waals surface area contributed by atoms with Gasteiger partial charge in [0.2, 0.25) is 0 Å². The summed E-state index contributed by atoms with van der Waals surface area (Å²) in [5, 5.41) is 0. The van der Waals surface area contributed by atoms with Crippen LogP contribution in [0.1, 0.15) is 19.3 Å². The molecule has 0 aliphatic rings. The van der Waals surface area contributed by atoms with E-state index in [1.165, 1.54) is 0 Å². The summed E-state index contributed by atoms with van der Waals surface area (Å²) in [6.07, 6.45) is 10.7.